The Bertz CT molecular complexity index is 534. The molecule has 2 nitrogen and oxygen atoms in total. The lowest BCUT2D eigenvalue weighted by Gasteiger charge is -2.38. The number of hydrogen-bond donors (Lipinski definition) is 1. The Morgan fingerprint density at radius 3 is 1.68 bits per heavy atom. The van der Waals surface area contributed by atoms with Crippen LogP contribution in [0.3, 0.4) is 0 Å². The molecule has 0 aromatic rings. The van der Waals surface area contributed by atoms with Gasteiger partial charge in [0.25, 0.3) is 5.91 Å². The van der Waals surface area contributed by atoms with Crippen LogP contribution in [0.1, 0.15) is 39.5 Å². The van der Waals surface area contributed by atoms with E-state index in [2.05, 4.69) is 0 Å². The van der Waals surface area contributed by atoms with Crippen LogP contribution in [0.2, 0.25) is 0 Å². The van der Waals surface area contributed by atoms with Crippen molar-refractivity contribution < 1.29 is 57.5 Å². The summed E-state index contributed by atoms with van der Waals surface area (Å²) in [6, 6.07) is -1.28. The molecule has 14 heteroatoms. The van der Waals surface area contributed by atoms with Crippen LogP contribution >= 0.6 is 0 Å². The maximum absolute atomic E-state index is 13.6. The average Bonchev–Trinajstić information content (AvgIpc) is 2.53. The maximum Gasteiger partial charge on any atom is 0.392 e. The fourth-order valence-electron chi connectivity index (χ4n) is 1.97. The number of nitrogens with one attached hydrogen (secondary N) is 1. The zero-order valence-corrected chi connectivity index (χ0v) is 14.4. The van der Waals surface area contributed by atoms with Gasteiger partial charge >= 0.3 is 36.0 Å². The molecule has 28 heavy (non-hydrogen) atoms. The largest absolute Gasteiger partial charge is 0.392 e. The quantitative estimate of drug-likeness (QED) is 0.331. The predicted molar refractivity (Wildman–Crippen MR) is 72.5 cm³/mol. The van der Waals surface area contributed by atoms with Crippen molar-refractivity contribution in [2.75, 3.05) is 0 Å². The highest BCUT2D eigenvalue weighted by molar-refractivity contribution is 5.85. The van der Waals surface area contributed by atoms with Gasteiger partial charge in [0.2, 0.25) is 0 Å². The van der Waals surface area contributed by atoms with Gasteiger partial charge in [0.15, 0.2) is 0 Å². The van der Waals surface area contributed by atoms with Crippen LogP contribution < -0.4 is 5.32 Å². The van der Waals surface area contributed by atoms with Crippen LogP contribution in [-0.2, 0) is 4.79 Å². The minimum atomic E-state index is -7.70. The van der Waals surface area contributed by atoms with Crippen molar-refractivity contribution in [2.45, 2.75) is 81.6 Å². The van der Waals surface area contributed by atoms with Crippen molar-refractivity contribution in [1.29, 1.82) is 0 Å². The van der Waals surface area contributed by atoms with Gasteiger partial charge in [-0.2, -0.15) is 43.9 Å². The molecule has 0 saturated carbocycles. The highest BCUT2D eigenvalue weighted by Crippen LogP contribution is 2.58. The lowest BCUT2D eigenvalue weighted by atomic mass is 9.93. The van der Waals surface area contributed by atoms with Crippen molar-refractivity contribution in [2.24, 2.45) is 0 Å². The summed E-state index contributed by atoms with van der Waals surface area (Å²) in [6.45, 7) is 2.74. The lowest BCUT2D eigenvalue weighted by Crippen LogP contribution is -2.71. The molecular weight excluding hydrogens is 426 g/mol. The van der Waals surface area contributed by atoms with E-state index in [9.17, 15) is 57.5 Å². The molecule has 0 aliphatic heterocycles. The van der Waals surface area contributed by atoms with Gasteiger partial charge in [-0.15, -0.1) is 0 Å². The van der Waals surface area contributed by atoms with Gasteiger partial charge < -0.3 is 5.32 Å². The Kier molecular flexibility index (Phi) is 8.14. The lowest BCUT2D eigenvalue weighted by molar-refractivity contribution is -0.407. The SMILES string of the molecule is CCCCCC(C)NC(=O)C(F)(F)C(F)(F)C(F)(F)C(F)(F)C(F)(F)C(F)F. The molecule has 1 unspecified atom stereocenters. The highest BCUT2D eigenvalue weighted by Gasteiger charge is 2.89. The third-order valence-corrected chi connectivity index (χ3v) is 3.78. The molecule has 1 amide bonds. The monoisotopic (exact) mass is 443 g/mol. The molecule has 0 fully saturated rings. The average molecular weight is 443 g/mol. The smallest absolute Gasteiger partial charge is 0.348 e. The van der Waals surface area contributed by atoms with E-state index >= 15 is 0 Å². The van der Waals surface area contributed by atoms with Gasteiger partial charge in [-0.3, -0.25) is 4.79 Å². The zero-order valence-electron chi connectivity index (χ0n) is 14.4. The van der Waals surface area contributed by atoms with Gasteiger partial charge in [-0.1, -0.05) is 26.2 Å². The number of carbonyl (C=O) groups excluding carboxylic acids is 1. The van der Waals surface area contributed by atoms with Crippen LogP contribution in [0.15, 0.2) is 0 Å². The first-order valence-electron chi connectivity index (χ1n) is 7.80. The Balaban J connectivity index is 5.76. The van der Waals surface area contributed by atoms with Crippen LogP contribution in [-0.4, -0.2) is 48.0 Å². The summed E-state index contributed by atoms with van der Waals surface area (Å²) in [7, 11) is 0. The molecule has 0 radical (unpaired) electrons. The molecule has 0 aliphatic rings. The predicted octanol–water partition coefficient (Wildman–Crippen LogP) is 5.51. The van der Waals surface area contributed by atoms with E-state index < -0.39 is 48.0 Å². The molecule has 0 aromatic heterocycles. The van der Waals surface area contributed by atoms with Gasteiger partial charge in [0.1, 0.15) is 0 Å². The normalized spacial score (nSPS) is 15.7. The molecular formula is C14H17F12NO. The topological polar surface area (TPSA) is 29.1 Å². The minimum absolute atomic E-state index is 0.0722. The molecule has 0 spiro atoms. The van der Waals surface area contributed by atoms with E-state index in [4.69, 9.17) is 0 Å². The molecule has 0 aromatic carbocycles. The second kappa shape index (κ2) is 8.56. The highest BCUT2D eigenvalue weighted by atomic mass is 19.4. The summed E-state index contributed by atoms with van der Waals surface area (Å²) in [5, 5.41) is 1.19. The minimum Gasteiger partial charge on any atom is -0.348 e. The van der Waals surface area contributed by atoms with Gasteiger partial charge in [-0.25, -0.2) is 8.78 Å². The van der Waals surface area contributed by atoms with E-state index in [1.165, 1.54) is 5.32 Å². The van der Waals surface area contributed by atoms with Crippen molar-refractivity contribution in [3.05, 3.63) is 0 Å². The Morgan fingerprint density at radius 2 is 1.29 bits per heavy atom. The number of halogens is 12. The van der Waals surface area contributed by atoms with Gasteiger partial charge in [0.05, 0.1) is 0 Å². The molecule has 0 heterocycles. The Morgan fingerprint density at radius 1 is 0.821 bits per heavy atom. The van der Waals surface area contributed by atoms with E-state index in [1.807, 2.05) is 0 Å². The Hall–Kier alpha value is -1.37. The molecule has 168 valence electrons. The number of hydrogen-bond acceptors (Lipinski definition) is 1. The number of alkyl halides is 12. The first-order chi connectivity index (χ1) is 12.3. The zero-order chi connectivity index (χ0) is 22.8. The van der Waals surface area contributed by atoms with Gasteiger partial charge in [-0.05, 0) is 13.3 Å². The van der Waals surface area contributed by atoms with Crippen molar-refractivity contribution in [3.63, 3.8) is 0 Å². The van der Waals surface area contributed by atoms with Crippen LogP contribution in [0.5, 0.6) is 0 Å². The number of amides is 1. The molecule has 1 atom stereocenters. The van der Waals surface area contributed by atoms with Gasteiger partial charge in [0, 0.05) is 6.04 Å². The van der Waals surface area contributed by atoms with E-state index in [0.717, 1.165) is 6.92 Å². The Labute approximate surface area is 151 Å². The number of carbonyl (C=O) groups is 1. The molecule has 0 bridgehead atoms. The van der Waals surface area contributed by atoms with Crippen molar-refractivity contribution in [3.8, 4) is 0 Å². The number of unbranched alkanes of at least 4 members (excludes halogenated alkanes) is 2. The van der Waals surface area contributed by atoms with Crippen LogP contribution in [0, 0.1) is 0 Å². The summed E-state index contributed by atoms with van der Waals surface area (Å²) < 4.78 is 156. The molecule has 0 rings (SSSR count). The summed E-state index contributed by atoms with van der Waals surface area (Å²) in [5.41, 5.74) is 0. The van der Waals surface area contributed by atoms with Crippen LogP contribution in [0.25, 0.3) is 0 Å². The molecule has 0 saturated heterocycles. The third-order valence-electron chi connectivity index (χ3n) is 3.78. The summed E-state index contributed by atoms with van der Waals surface area (Å²) >= 11 is 0. The summed E-state index contributed by atoms with van der Waals surface area (Å²) in [5.74, 6) is -39.6. The number of rotatable bonds is 11. The first-order valence-corrected chi connectivity index (χ1v) is 7.80. The second-order valence-corrected chi connectivity index (χ2v) is 6.09. The fourth-order valence-corrected chi connectivity index (χ4v) is 1.97. The molecule has 1 N–H and O–H groups in total. The molecule has 0 aliphatic carbocycles. The summed E-state index contributed by atoms with van der Waals surface area (Å²) in [4.78, 5) is 11.3. The standard InChI is InChI=1S/C14H17F12NO/c1-3-4-5-6-7(2)27-9(28)11(19,20)13(23,24)14(25,26)12(21,22)10(17,18)8(15)16/h7-8H,3-6H2,1-2H3,(H,27,28). The second-order valence-electron chi connectivity index (χ2n) is 6.09. The maximum atomic E-state index is 13.6. The third kappa shape index (κ3) is 4.44. The van der Waals surface area contributed by atoms with Crippen molar-refractivity contribution >= 4 is 5.91 Å². The van der Waals surface area contributed by atoms with E-state index in [1.54, 1.807) is 6.92 Å². The van der Waals surface area contributed by atoms with E-state index in [-0.39, 0.29) is 6.42 Å². The first kappa shape index (κ1) is 26.6. The van der Waals surface area contributed by atoms with Crippen LogP contribution in [0.4, 0.5) is 52.7 Å². The van der Waals surface area contributed by atoms with E-state index in [0.29, 0.717) is 19.3 Å². The van der Waals surface area contributed by atoms with Crippen molar-refractivity contribution in [1.82, 2.24) is 5.32 Å². The fraction of sp³-hybridized carbons (Fsp3) is 0.929. The summed E-state index contributed by atoms with van der Waals surface area (Å²) in [6.07, 6.45) is -4.19.